The molecule has 1 heterocycles. The summed E-state index contributed by atoms with van der Waals surface area (Å²) in [4.78, 5) is 0. The van der Waals surface area contributed by atoms with Crippen LogP contribution in [-0.4, -0.2) is 0 Å². The third-order valence-corrected chi connectivity index (χ3v) is 4.98. The number of benzene rings is 2. The Hall–Kier alpha value is -1.86. The lowest BCUT2D eigenvalue weighted by Gasteiger charge is -2.10. The van der Waals surface area contributed by atoms with Crippen molar-refractivity contribution in [1.82, 2.24) is 0 Å². The van der Waals surface area contributed by atoms with Gasteiger partial charge in [-0.1, -0.05) is 54.6 Å². The first-order valence-electron chi connectivity index (χ1n) is 6.70. The van der Waals surface area contributed by atoms with Crippen LogP contribution in [-0.2, 0) is 0 Å². The zero-order valence-corrected chi connectivity index (χ0v) is 11.4. The molecule has 1 aliphatic carbocycles. The lowest BCUT2D eigenvalue weighted by molar-refractivity contribution is 1.06. The lowest BCUT2D eigenvalue weighted by atomic mass is 9.96. The first kappa shape index (κ1) is 11.0. The summed E-state index contributed by atoms with van der Waals surface area (Å²) >= 11 is 1.92. The van der Waals surface area contributed by atoms with E-state index in [0.29, 0.717) is 0 Å². The molecule has 0 atom stereocenters. The molecule has 1 heteroatoms. The van der Waals surface area contributed by atoms with Crippen LogP contribution in [0.3, 0.4) is 0 Å². The van der Waals surface area contributed by atoms with Crippen LogP contribution in [0.5, 0.6) is 0 Å². The molecule has 0 radical (unpaired) electrons. The Bertz CT molecular complexity index is 818. The van der Waals surface area contributed by atoms with Gasteiger partial charge in [0.1, 0.15) is 0 Å². The normalized spacial score (nSPS) is 15.1. The van der Waals surface area contributed by atoms with E-state index in [0.717, 1.165) is 12.8 Å². The van der Waals surface area contributed by atoms with E-state index >= 15 is 0 Å². The van der Waals surface area contributed by atoms with Gasteiger partial charge in [0.2, 0.25) is 0 Å². The molecule has 0 saturated carbocycles. The number of rotatable bonds is 1. The van der Waals surface area contributed by atoms with Crippen molar-refractivity contribution >= 4 is 37.1 Å². The highest BCUT2D eigenvalue weighted by Gasteiger charge is 2.11. The van der Waals surface area contributed by atoms with E-state index < -0.39 is 0 Å². The summed E-state index contributed by atoms with van der Waals surface area (Å²) in [6, 6.07) is 15.4. The fraction of sp³-hybridized carbons (Fsp3) is 0.111. The highest BCUT2D eigenvalue weighted by molar-refractivity contribution is 7.26. The third-order valence-electron chi connectivity index (χ3n) is 3.76. The van der Waals surface area contributed by atoms with Crippen molar-refractivity contribution in [3.8, 4) is 0 Å². The summed E-state index contributed by atoms with van der Waals surface area (Å²) in [5.41, 5.74) is 2.89. The van der Waals surface area contributed by atoms with Gasteiger partial charge in [-0.25, -0.2) is 0 Å². The van der Waals surface area contributed by atoms with E-state index in [1.165, 1.54) is 31.3 Å². The van der Waals surface area contributed by atoms with Crippen molar-refractivity contribution < 1.29 is 0 Å². The highest BCUT2D eigenvalue weighted by atomic mass is 32.1. The molecule has 0 aliphatic heterocycles. The van der Waals surface area contributed by atoms with Gasteiger partial charge in [-0.2, -0.15) is 0 Å². The lowest BCUT2D eigenvalue weighted by Crippen LogP contribution is -1.87. The van der Waals surface area contributed by atoms with E-state index in [1.807, 2.05) is 11.3 Å². The number of hydrogen-bond donors (Lipinski definition) is 0. The maximum absolute atomic E-state index is 2.27. The molecular formula is C18H14S. The van der Waals surface area contributed by atoms with Crippen molar-refractivity contribution in [3.05, 3.63) is 66.3 Å². The van der Waals surface area contributed by atoms with E-state index in [9.17, 15) is 0 Å². The Balaban J connectivity index is 2.06. The Kier molecular flexibility index (Phi) is 2.52. The molecule has 4 rings (SSSR count). The van der Waals surface area contributed by atoms with Gasteiger partial charge in [-0.3, -0.25) is 0 Å². The highest BCUT2D eigenvalue weighted by Crippen LogP contribution is 2.39. The molecule has 2 aromatic carbocycles. The van der Waals surface area contributed by atoms with E-state index in [4.69, 9.17) is 0 Å². The van der Waals surface area contributed by atoms with Crippen LogP contribution >= 0.6 is 11.3 Å². The SMILES string of the molecule is C1=CCCC(c2cccc3c2sc2ccccc23)=C1. The maximum atomic E-state index is 2.27. The minimum atomic E-state index is 1.16. The zero-order valence-electron chi connectivity index (χ0n) is 10.6. The quantitative estimate of drug-likeness (QED) is 0.521. The number of allylic oxidation sites excluding steroid dienone is 4. The molecule has 1 aromatic heterocycles. The molecule has 0 nitrogen and oxygen atoms in total. The summed E-state index contributed by atoms with van der Waals surface area (Å²) in [5.74, 6) is 0. The molecule has 0 unspecified atom stereocenters. The summed E-state index contributed by atoms with van der Waals surface area (Å²) in [7, 11) is 0. The Morgan fingerprint density at radius 3 is 2.68 bits per heavy atom. The second kappa shape index (κ2) is 4.36. The second-order valence-electron chi connectivity index (χ2n) is 4.94. The van der Waals surface area contributed by atoms with Gasteiger partial charge in [0.15, 0.2) is 0 Å². The van der Waals surface area contributed by atoms with Gasteiger partial charge in [-0.15, -0.1) is 11.3 Å². The molecule has 1 aliphatic rings. The van der Waals surface area contributed by atoms with Gasteiger partial charge >= 0.3 is 0 Å². The third kappa shape index (κ3) is 1.73. The molecule has 3 aromatic rings. The van der Waals surface area contributed by atoms with Gasteiger partial charge in [0.05, 0.1) is 0 Å². The van der Waals surface area contributed by atoms with Gasteiger partial charge < -0.3 is 0 Å². The van der Waals surface area contributed by atoms with Crippen molar-refractivity contribution in [2.75, 3.05) is 0 Å². The first-order valence-corrected chi connectivity index (χ1v) is 7.51. The van der Waals surface area contributed by atoms with Gasteiger partial charge in [0, 0.05) is 20.2 Å². The Labute approximate surface area is 116 Å². The molecule has 0 saturated heterocycles. The summed E-state index contributed by atoms with van der Waals surface area (Å²) in [6.45, 7) is 0. The number of hydrogen-bond acceptors (Lipinski definition) is 1. The van der Waals surface area contributed by atoms with Crippen molar-refractivity contribution in [2.45, 2.75) is 12.8 Å². The average Bonchev–Trinajstić information content (AvgIpc) is 2.87. The summed E-state index contributed by atoms with van der Waals surface area (Å²) < 4.78 is 2.82. The largest absolute Gasteiger partial charge is 0.135 e. The topological polar surface area (TPSA) is 0 Å². The van der Waals surface area contributed by atoms with Crippen molar-refractivity contribution in [3.63, 3.8) is 0 Å². The predicted octanol–water partition coefficient (Wildman–Crippen LogP) is 5.79. The Morgan fingerprint density at radius 1 is 0.895 bits per heavy atom. The van der Waals surface area contributed by atoms with Crippen LogP contribution in [0.25, 0.3) is 25.7 Å². The molecule has 92 valence electrons. The standard InChI is InChI=1S/C18H14S/c1-2-7-13(8-3-1)14-10-6-11-16-15-9-4-5-12-17(15)19-18(14)16/h1-2,4-7,9-12H,3,8H2. The summed E-state index contributed by atoms with van der Waals surface area (Å²) in [6.07, 6.45) is 9.01. The minimum absolute atomic E-state index is 1.16. The fourth-order valence-corrected chi connectivity index (χ4v) is 4.08. The van der Waals surface area contributed by atoms with Crippen LogP contribution in [0.15, 0.2) is 60.7 Å². The minimum Gasteiger partial charge on any atom is -0.135 e. The monoisotopic (exact) mass is 262 g/mol. The molecule has 0 spiro atoms. The van der Waals surface area contributed by atoms with Gasteiger partial charge in [0.25, 0.3) is 0 Å². The fourth-order valence-electron chi connectivity index (χ4n) is 2.83. The predicted molar refractivity (Wildman–Crippen MR) is 85.7 cm³/mol. The van der Waals surface area contributed by atoms with E-state index in [-0.39, 0.29) is 0 Å². The van der Waals surface area contributed by atoms with Crippen LogP contribution in [0.1, 0.15) is 18.4 Å². The smallest absolute Gasteiger partial charge is 0.0430 e. The Morgan fingerprint density at radius 2 is 1.79 bits per heavy atom. The van der Waals surface area contributed by atoms with Crippen LogP contribution in [0.2, 0.25) is 0 Å². The van der Waals surface area contributed by atoms with Crippen molar-refractivity contribution in [1.29, 1.82) is 0 Å². The van der Waals surface area contributed by atoms with E-state index in [2.05, 4.69) is 60.7 Å². The summed E-state index contributed by atoms with van der Waals surface area (Å²) in [5, 5.41) is 2.78. The average molecular weight is 262 g/mol. The molecular weight excluding hydrogens is 248 g/mol. The maximum Gasteiger partial charge on any atom is 0.0430 e. The molecule has 0 bridgehead atoms. The van der Waals surface area contributed by atoms with Crippen LogP contribution in [0, 0.1) is 0 Å². The van der Waals surface area contributed by atoms with E-state index in [1.54, 1.807) is 0 Å². The molecule has 19 heavy (non-hydrogen) atoms. The molecule has 0 amide bonds. The molecule has 0 fully saturated rings. The van der Waals surface area contributed by atoms with Crippen LogP contribution in [0.4, 0.5) is 0 Å². The number of thiophene rings is 1. The van der Waals surface area contributed by atoms with Crippen LogP contribution < -0.4 is 0 Å². The second-order valence-corrected chi connectivity index (χ2v) is 5.99. The first-order chi connectivity index (χ1) is 9.43. The van der Waals surface area contributed by atoms with Crippen molar-refractivity contribution in [2.24, 2.45) is 0 Å². The number of fused-ring (bicyclic) bond motifs is 3. The van der Waals surface area contributed by atoms with Gasteiger partial charge in [-0.05, 0) is 30.0 Å². The molecule has 0 N–H and O–H groups in total. The zero-order chi connectivity index (χ0) is 12.7.